The Kier molecular flexibility index (Phi) is 9.28. The van der Waals surface area contributed by atoms with Gasteiger partial charge >= 0.3 is 0 Å². The summed E-state index contributed by atoms with van der Waals surface area (Å²) in [5, 5.41) is 3.48. The molecule has 1 fully saturated rings. The summed E-state index contributed by atoms with van der Waals surface area (Å²) in [4.78, 5) is 14.9. The van der Waals surface area contributed by atoms with Gasteiger partial charge in [-0.3, -0.25) is 14.9 Å². The number of pyridine rings is 1. The third kappa shape index (κ3) is 6.89. The lowest BCUT2D eigenvalue weighted by Crippen LogP contribution is -2.52. The summed E-state index contributed by atoms with van der Waals surface area (Å²) in [5.41, 5.74) is 2.30. The van der Waals surface area contributed by atoms with Crippen LogP contribution in [0.4, 0.5) is 0 Å². The van der Waals surface area contributed by atoms with E-state index in [-0.39, 0.29) is 24.0 Å². The van der Waals surface area contributed by atoms with Gasteiger partial charge in [0.05, 0.1) is 4.34 Å². The Hall–Kier alpha value is -0.900. The number of nitrogens with zero attached hydrogens (tertiary/aromatic N) is 4. The number of hydrogen-bond donors (Lipinski definition) is 1. The summed E-state index contributed by atoms with van der Waals surface area (Å²) in [6.07, 6.45) is 2.90. The van der Waals surface area contributed by atoms with Gasteiger partial charge in [-0.15, -0.1) is 35.3 Å². The highest BCUT2D eigenvalue weighted by atomic mass is 127. The maximum Gasteiger partial charge on any atom is 0.193 e. The summed E-state index contributed by atoms with van der Waals surface area (Å²) >= 11 is 7.70. The summed E-state index contributed by atoms with van der Waals surface area (Å²) in [6, 6.07) is 8.31. The molecule has 2 aromatic heterocycles. The van der Waals surface area contributed by atoms with E-state index < -0.39 is 0 Å². The van der Waals surface area contributed by atoms with Crippen molar-refractivity contribution in [1.82, 2.24) is 20.1 Å². The number of hydrogen-bond acceptors (Lipinski definition) is 4. The molecule has 0 radical (unpaired) electrons. The van der Waals surface area contributed by atoms with Gasteiger partial charge < -0.3 is 10.2 Å². The molecule has 1 saturated heterocycles. The minimum absolute atomic E-state index is 0. The van der Waals surface area contributed by atoms with Gasteiger partial charge in [-0.2, -0.15) is 0 Å². The van der Waals surface area contributed by atoms with Crippen LogP contribution in [-0.4, -0.2) is 60.5 Å². The summed E-state index contributed by atoms with van der Waals surface area (Å²) in [5.74, 6) is 0.990. The predicted octanol–water partition coefficient (Wildman–Crippen LogP) is 3.66. The van der Waals surface area contributed by atoms with Crippen molar-refractivity contribution in [1.29, 1.82) is 0 Å². The lowest BCUT2D eigenvalue weighted by molar-refractivity contribution is 0.174. The molecule has 5 nitrogen and oxygen atoms in total. The normalized spacial score (nSPS) is 15.5. The highest BCUT2D eigenvalue weighted by molar-refractivity contribution is 14.0. The number of aryl methyl sites for hydroxylation is 1. The Bertz CT molecular complexity index is 726. The van der Waals surface area contributed by atoms with Gasteiger partial charge in [0.15, 0.2) is 5.96 Å². The first-order valence-corrected chi connectivity index (χ1v) is 10.2. The molecule has 0 unspecified atom stereocenters. The molecule has 1 aliphatic heterocycles. The van der Waals surface area contributed by atoms with Crippen molar-refractivity contribution in [2.45, 2.75) is 19.9 Å². The first kappa shape index (κ1) is 22.4. The molecule has 1 N–H and O–H groups in total. The maximum atomic E-state index is 6.03. The van der Waals surface area contributed by atoms with E-state index >= 15 is 0 Å². The molecule has 0 aromatic carbocycles. The molecule has 0 spiro atoms. The highest BCUT2D eigenvalue weighted by Crippen LogP contribution is 2.23. The minimum Gasteiger partial charge on any atom is -0.356 e. The zero-order chi connectivity index (χ0) is 18.4. The van der Waals surface area contributed by atoms with Crippen LogP contribution in [0.2, 0.25) is 4.34 Å². The quantitative estimate of drug-likeness (QED) is 0.372. The van der Waals surface area contributed by atoms with Crippen LogP contribution in [0.15, 0.2) is 35.5 Å². The number of nitrogens with one attached hydrogen (secondary N) is 1. The summed E-state index contributed by atoms with van der Waals surface area (Å²) in [6.45, 7) is 7.92. The average molecular weight is 520 g/mol. The van der Waals surface area contributed by atoms with Gasteiger partial charge in [0.25, 0.3) is 0 Å². The van der Waals surface area contributed by atoms with Gasteiger partial charge in [0, 0.05) is 63.1 Å². The number of aliphatic imine (C=N–C) groups is 1. The van der Waals surface area contributed by atoms with E-state index in [1.807, 2.05) is 26.2 Å². The molecule has 0 amide bonds. The molecule has 3 heterocycles. The lowest BCUT2D eigenvalue weighted by atomic mass is 10.2. The van der Waals surface area contributed by atoms with Gasteiger partial charge in [-0.05, 0) is 37.1 Å². The third-order valence-electron chi connectivity index (χ3n) is 4.56. The van der Waals surface area contributed by atoms with Crippen molar-refractivity contribution in [3.05, 3.63) is 50.9 Å². The van der Waals surface area contributed by atoms with Crippen LogP contribution in [0.1, 0.15) is 16.1 Å². The van der Waals surface area contributed by atoms with Gasteiger partial charge in [0.1, 0.15) is 0 Å². The number of halogens is 2. The fraction of sp³-hybridized carbons (Fsp3) is 0.474. The van der Waals surface area contributed by atoms with Crippen LogP contribution in [0.5, 0.6) is 0 Å². The molecule has 0 bridgehead atoms. The maximum absolute atomic E-state index is 6.03. The molecule has 148 valence electrons. The van der Waals surface area contributed by atoms with Crippen molar-refractivity contribution >= 4 is 52.9 Å². The largest absolute Gasteiger partial charge is 0.356 e. The second-order valence-electron chi connectivity index (χ2n) is 6.50. The predicted molar refractivity (Wildman–Crippen MR) is 126 cm³/mol. The Balaban J connectivity index is 0.00000261. The van der Waals surface area contributed by atoms with E-state index in [2.05, 4.69) is 43.3 Å². The third-order valence-corrected chi connectivity index (χ3v) is 5.78. The van der Waals surface area contributed by atoms with Crippen LogP contribution in [0.3, 0.4) is 0 Å². The van der Waals surface area contributed by atoms with E-state index in [4.69, 9.17) is 11.6 Å². The van der Waals surface area contributed by atoms with Gasteiger partial charge in [0.2, 0.25) is 0 Å². The fourth-order valence-corrected chi connectivity index (χ4v) is 4.20. The second-order valence-corrected chi connectivity index (χ2v) is 8.30. The Morgan fingerprint density at radius 3 is 2.59 bits per heavy atom. The van der Waals surface area contributed by atoms with E-state index in [1.54, 1.807) is 11.3 Å². The molecule has 1 aliphatic rings. The van der Waals surface area contributed by atoms with Crippen LogP contribution in [0.25, 0.3) is 0 Å². The van der Waals surface area contributed by atoms with Crippen LogP contribution < -0.4 is 5.32 Å². The smallest absolute Gasteiger partial charge is 0.193 e. The molecule has 0 atom stereocenters. The first-order chi connectivity index (χ1) is 12.6. The van der Waals surface area contributed by atoms with E-state index in [9.17, 15) is 0 Å². The summed E-state index contributed by atoms with van der Waals surface area (Å²) in [7, 11) is 1.86. The zero-order valence-electron chi connectivity index (χ0n) is 15.8. The molecule has 0 aliphatic carbocycles. The van der Waals surface area contributed by atoms with Crippen LogP contribution in [0, 0.1) is 6.92 Å². The minimum atomic E-state index is 0. The molecular formula is C19H27ClIN5S. The van der Waals surface area contributed by atoms with Crippen molar-refractivity contribution in [3.63, 3.8) is 0 Å². The van der Waals surface area contributed by atoms with Crippen LogP contribution >= 0.6 is 46.9 Å². The van der Waals surface area contributed by atoms with Crippen molar-refractivity contribution in [2.75, 3.05) is 39.8 Å². The second kappa shape index (κ2) is 11.2. The molecular weight excluding hydrogens is 493 g/mol. The zero-order valence-corrected chi connectivity index (χ0v) is 19.7. The number of piperazine rings is 1. The molecule has 0 saturated carbocycles. The number of guanidine groups is 1. The molecule has 8 heteroatoms. The SMILES string of the molecule is CN=C(NCCc1ccc(C)nc1)N1CCN(Cc2ccc(Cl)s2)CC1.I. The average Bonchev–Trinajstić information content (AvgIpc) is 3.06. The Labute approximate surface area is 187 Å². The standard InChI is InChI=1S/C19H26ClN5S.HI/c1-15-3-4-16(13-23-15)7-8-22-19(21-2)25-11-9-24(10-12-25)14-17-5-6-18(20)26-17;/h3-6,13H,7-12,14H2,1-2H3,(H,21,22);1H. The molecule has 3 rings (SSSR count). The molecule has 2 aromatic rings. The fourth-order valence-electron chi connectivity index (χ4n) is 3.07. The topological polar surface area (TPSA) is 43.8 Å². The van der Waals surface area contributed by atoms with Crippen molar-refractivity contribution < 1.29 is 0 Å². The van der Waals surface area contributed by atoms with E-state index in [0.717, 1.165) is 61.7 Å². The van der Waals surface area contributed by atoms with Gasteiger partial charge in [-0.25, -0.2) is 0 Å². The lowest BCUT2D eigenvalue weighted by Gasteiger charge is -2.36. The van der Waals surface area contributed by atoms with E-state index in [0.29, 0.717) is 0 Å². The monoisotopic (exact) mass is 519 g/mol. The van der Waals surface area contributed by atoms with Crippen molar-refractivity contribution in [2.24, 2.45) is 4.99 Å². The summed E-state index contributed by atoms with van der Waals surface area (Å²) < 4.78 is 0.868. The van der Waals surface area contributed by atoms with Crippen LogP contribution in [-0.2, 0) is 13.0 Å². The van der Waals surface area contributed by atoms with Crippen molar-refractivity contribution in [3.8, 4) is 0 Å². The Morgan fingerprint density at radius 1 is 1.22 bits per heavy atom. The number of thiophene rings is 1. The first-order valence-electron chi connectivity index (χ1n) is 8.98. The number of aromatic nitrogens is 1. The van der Waals surface area contributed by atoms with Gasteiger partial charge in [-0.1, -0.05) is 17.7 Å². The molecule has 27 heavy (non-hydrogen) atoms. The number of rotatable bonds is 5. The highest BCUT2D eigenvalue weighted by Gasteiger charge is 2.19. The Morgan fingerprint density at radius 2 is 2.00 bits per heavy atom. The van der Waals surface area contributed by atoms with E-state index in [1.165, 1.54) is 10.4 Å².